The fourth-order valence-electron chi connectivity index (χ4n) is 3.16. The summed E-state index contributed by atoms with van der Waals surface area (Å²) >= 11 is 0. The van der Waals surface area contributed by atoms with Gasteiger partial charge in [0, 0.05) is 24.7 Å². The highest BCUT2D eigenvalue weighted by molar-refractivity contribution is 5.68. The van der Waals surface area contributed by atoms with Crippen molar-refractivity contribution in [3.8, 4) is 11.8 Å². The van der Waals surface area contributed by atoms with E-state index in [2.05, 4.69) is 4.98 Å². The van der Waals surface area contributed by atoms with Crippen molar-refractivity contribution >= 4 is 6.09 Å². The number of benzene rings is 1. The van der Waals surface area contributed by atoms with E-state index in [9.17, 15) is 13.6 Å². The van der Waals surface area contributed by atoms with Crippen molar-refractivity contribution in [3.63, 3.8) is 0 Å². The van der Waals surface area contributed by atoms with E-state index in [1.54, 1.807) is 11.0 Å². The standard InChI is InChI=1S/C22H23F2N3O3/c1-22(2,3)30-21(28)27-9-8-15(12-27)18-6-5-16(23)19(26-18)13-29-20-7-4-14(11-25)10-17(20)24/h4-7,10,15H,8-9,12-13H2,1-3H3. The lowest BCUT2D eigenvalue weighted by Crippen LogP contribution is -2.35. The van der Waals surface area contributed by atoms with Gasteiger partial charge in [0.1, 0.15) is 23.7 Å². The first kappa shape index (κ1) is 21.5. The Bertz CT molecular complexity index is 983. The zero-order chi connectivity index (χ0) is 21.9. The number of pyridine rings is 1. The molecule has 1 aromatic carbocycles. The number of hydrogen-bond donors (Lipinski definition) is 0. The Hall–Kier alpha value is -3.21. The summed E-state index contributed by atoms with van der Waals surface area (Å²) in [4.78, 5) is 18.2. The van der Waals surface area contributed by atoms with Crippen LogP contribution in [0.25, 0.3) is 0 Å². The third-order valence-electron chi connectivity index (χ3n) is 4.62. The minimum Gasteiger partial charge on any atom is -0.484 e. The van der Waals surface area contributed by atoms with Gasteiger partial charge in [-0.2, -0.15) is 5.26 Å². The van der Waals surface area contributed by atoms with E-state index in [4.69, 9.17) is 14.7 Å². The van der Waals surface area contributed by atoms with Crippen molar-refractivity contribution in [1.82, 2.24) is 9.88 Å². The van der Waals surface area contributed by atoms with Crippen molar-refractivity contribution in [2.24, 2.45) is 0 Å². The molecule has 1 saturated heterocycles. The van der Waals surface area contributed by atoms with Gasteiger partial charge in [-0.25, -0.2) is 13.6 Å². The smallest absolute Gasteiger partial charge is 0.410 e. The zero-order valence-corrected chi connectivity index (χ0v) is 17.1. The number of ether oxygens (including phenoxy) is 2. The molecular weight excluding hydrogens is 392 g/mol. The second-order valence-electron chi connectivity index (χ2n) is 8.12. The van der Waals surface area contributed by atoms with Gasteiger partial charge in [-0.1, -0.05) is 0 Å². The SMILES string of the molecule is CC(C)(C)OC(=O)N1CCC(c2ccc(F)c(COc3ccc(C#N)cc3F)n2)C1. The molecule has 2 aromatic rings. The summed E-state index contributed by atoms with van der Waals surface area (Å²) in [7, 11) is 0. The Morgan fingerprint density at radius 2 is 2.03 bits per heavy atom. The van der Waals surface area contributed by atoms with Crippen LogP contribution in [0.15, 0.2) is 30.3 Å². The predicted octanol–water partition coefficient (Wildman–Crippen LogP) is 4.53. The van der Waals surface area contributed by atoms with Crippen molar-refractivity contribution in [3.05, 3.63) is 58.9 Å². The topological polar surface area (TPSA) is 75.4 Å². The molecule has 30 heavy (non-hydrogen) atoms. The Morgan fingerprint density at radius 3 is 2.70 bits per heavy atom. The fraction of sp³-hybridized carbons (Fsp3) is 0.409. The molecule has 1 aromatic heterocycles. The second kappa shape index (κ2) is 8.66. The maximum atomic E-state index is 14.2. The number of nitriles is 1. The van der Waals surface area contributed by atoms with Crippen LogP contribution in [0.2, 0.25) is 0 Å². The number of rotatable bonds is 4. The summed E-state index contributed by atoms with van der Waals surface area (Å²) in [5, 5.41) is 8.79. The Morgan fingerprint density at radius 1 is 1.27 bits per heavy atom. The van der Waals surface area contributed by atoms with Gasteiger partial charge in [-0.05, 0) is 57.5 Å². The van der Waals surface area contributed by atoms with Gasteiger partial charge in [0.25, 0.3) is 0 Å². The Kier molecular flexibility index (Phi) is 6.20. The predicted molar refractivity (Wildman–Crippen MR) is 105 cm³/mol. The highest BCUT2D eigenvalue weighted by atomic mass is 19.1. The summed E-state index contributed by atoms with van der Waals surface area (Å²) in [6, 6.07) is 8.52. The lowest BCUT2D eigenvalue weighted by Gasteiger charge is -2.24. The number of hydrogen-bond acceptors (Lipinski definition) is 5. The van der Waals surface area contributed by atoms with Crippen LogP contribution in [0, 0.1) is 23.0 Å². The highest BCUT2D eigenvalue weighted by Crippen LogP contribution is 2.28. The van der Waals surface area contributed by atoms with Crippen molar-refractivity contribution in [2.45, 2.75) is 45.3 Å². The van der Waals surface area contributed by atoms with Crippen LogP contribution in [-0.4, -0.2) is 34.7 Å². The molecule has 1 atom stereocenters. The number of aromatic nitrogens is 1. The zero-order valence-electron chi connectivity index (χ0n) is 17.1. The van der Waals surface area contributed by atoms with Gasteiger partial charge in [0.15, 0.2) is 11.6 Å². The Balaban J connectivity index is 1.67. The lowest BCUT2D eigenvalue weighted by atomic mass is 10.0. The van der Waals surface area contributed by atoms with Crippen molar-refractivity contribution in [2.75, 3.05) is 13.1 Å². The third-order valence-corrected chi connectivity index (χ3v) is 4.62. The largest absolute Gasteiger partial charge is 0.484 e. The van der Waals surface area contributed by atoms with Crippen LogP contribution >= 0.6 is 0 Å². The summed E-state index contributed by atoms with van der Waals surface area (Å²) in [5.74, 6) is -1.40. The minimum absolute atomic E-state index is 0.0481. The second-order valence-corrected chi connectivity index (χ2v) is 8.12. The van der Waals surface area contributed by atoms with E-state index >= 15 is 0 Å². The van der Waals surface area contributed by atoms with Crippen LogP contribution in [0.4, 0.5) is 13.6 Å². The molecule has 0 aliphatic carbocycles. The van der Waals surface area contributed by atoms with Crippen molar-refractivity contribution in [1.29, 1.82) is 5.26 Å². The molecule has 1 aliphatic rings. The number of nitrogens with zero attached hydrogens (tertiary/aromatic N) is 3. The fourth-order valence-corrected chi connectivity index (χ4v) is 3.16. The lowest BCUT2D eigenvalue weighted by molar-refractivity contribution is 0.0292. The van der Waals surface area contributed by atoms with Gasteiger partial charge in [0.05, 0.1) is 11.6 Å². The van der Waals surface area contributed by atoms with E-state index in [-0.39, 0.29) is 35.6 Å². The molecule has 0 radical (unpaired) electrons. The van der Waals surface area contributed by atoms with E-state index in [1.807, 2.05) is 26.8 Å². The van der Waals surface area contributed by atoms with Crippen LogP contribution in [-0.2, 0) is 11.3 Å². The average molecular weight is 415 g/mol. The molecule has 1 unspecified atom stereocenters. The average Bonchev–Trinajstić information content (AvgIpc) is 3.17. The van der Waals surface area contributed by atoms with Gasteiger partial charge in [-0.3, -0.25) is 4.98 Å². The van der Waals surface area contributed by atoms with E-state index in [0.29, 0.717) is 25.2 Å². The number of likely N-dealkylation sites (tertiary alicyclic amines) is 1. The van der Waals surface area contributed by atoms with Gasteiger partial charge < -0.3 is 14.4 Å². The van der Waals surface area contributed by atoms with Crippen LogP contribution < -0.4 is 4.74 Å². The molecule has 0 saturated carbocycles. The molecule has 1 amide bonds. The van der Waals surface area contributed by atoms with Gasteiger partial charge in [-0.15, -0.1) is 0 Å². The molecule has 8 heteroatoms. The van der Waals surface area contributed by atoms with E-state index < -0.39 is 17.2 Å². The quantitative estimate of drug-likeness (QED) is 0.733. The molecule has 0 spiro atoms. The maximum Gasteiger partial charge on any atom is 0.410 e. The third kappa shape index (κ3) is 5.23. The molecule has 0 bridgehead atoms. The molecule has 2 heterocycles. The molecule has 6 nitrogen and oxygen atoms in total. The van der Waals surface area contributed by atoms with Gasteiger partial charge in [0.2, 0.25) is 0 Å². The van der Waals surface area contributed by atoms with Crippen molar-refractivity contribution < 1.29 is 23.0 Å². The monoisotopic (exact) mass is 415 g/mol. The highest BCUT2D eigenvalue weighted by Gasteiger charge is 2.31. The summed E-state index contributed by atoms with van der Waals surface area (Å²) < 4.78 is 38.9. The normalized spacial score (nSPS) is 16.3. The first-order valence-electron chi connectivity index (χ1n) is 9.62. The van der Waals surface area contributed by atoms with E-state index in [1.165, 1.54) is 18.2 Å². The Labute approximate surface area is 174 Å². The van der Waals surface area contributed by atoms with E-state index in [0.717, 1.165) is 6.07 Å². The molecule has 158 valence electrons. The van der Waals surface area contributed by atoms with Crippen LogP contribution in [0.5, 0.6) is 5.75 Å². The number of amides is 1. The van der Waals surface area contributed by atoms with Crippen LogP contribution in [0.1, 0.15) is 50.1 Å². The molecular formula is C22H23F2N3O3. The summed E-state index contributed by atoms with van der Waals surface area (Å²) in [6.45, 7) is 6.12. The first-order chi connectivity index (χ1) is 14.2. The molecule has 1 fully saturated rings. The number of carbonyl (C=O) groups excluding carboxylic acids is 1. The molecule has 0 N–H and O–H groups in total. The minimum atomic E-state index is -0.700. The summed E-state index contributed by atoms with van der Waals surface area (Å²) in [5.41, 5.74) is 0.282. The number of halogens is 2. The molecule has 3 rings (SSSR count). The maximum absolute atomic E-state index is 14.2. The summed E-state index contributed by atoms with van der Waals surface area (Å²) in [6.07, 6.45) is 0.301. The van der Waals surface area contributed by atoms with Gasteiger partial charge >= 0.3 is 6.09 Å². The number of carbonyl (C=O) groups is 1. The first-order valence-corrected chi connectivity index (χ1v) is 9.62. The van der Waals surface area contributed by atoms with Crippen LogP contribution in [0.3, 0.4) is 0 Å². The molecule has 1 aliphatic heterocycles.